The van der Waals surface area contributed by atoms with E-state index in [9.17, 15) is 15.3 Å². The maximum atomic E-state index is 10.5. The summed E-state index contributed by atoms with van der Waals surface area (Å²) in [6.45, 7) is 13.8. The van der Waals surface area contributed by atoms with Gasteiger partial charge in [0.2, 0.25) is 0 Å². The van der Waals surface area contributed by atoms with Crippen LogP contribution in [-0.4, -0.2) is 57.7 Å². The first-order chi connectivity index (χ1) is 15.1. The minimum absolute atomic E-state index is 0.361. The highest BCUT2D eigenvalue weighted by atomic mass is 16.3. The van der Waals surface area contributed by atoms with Gasteiger partial charge in [0, 0.05) is 13.1 Å². The van der Waals surface area contributed by atoms with Crippen LogP contribution in [-0.2, 0) is 0 Å². The number of hydrogen-bond acceptors (Lipinski definition) is 4. The van der Waals surface area contributed by atoms with E-state index < -0.39 is 17.8 Å². The highest BCUT2D eigenvalue weighted by molar-refractivity contribution is 5.29. The summed E-state index contributed by atoms with van der Waals surface area (Å²) >= 11 is 0. The lowest BCUT2D eigenvalue weighted by atomic mass is 9.61. The molecule has 3 N–H and O–H groups in total. The van der Waals surface area contributed by atoms with Crippen LogP contribution in [0.4, 0.5) is 0 Å². The van der Waals surface area contributed by atoms with Crippen molar-refractivity contribution in [2.24, 2.45) is 23.2 Å². The molecule has 1 unspecified atom stereocenters. The van der Waals surface area contributed by atoms with E-state index in [2.05, 4.69) is 37.5 Å². The predicted molar refractivity (Wildman–Crippen MR) is 130 cm³/mol. The summed E-state index contributed by atoms with van der Waals surface area (Å²) < 4.78 is 0. The standard InChI is InChI=1S/C28H45NO3/c1-19(17-29-14-6-12-27(3,32)18-29)23-10-11-24-22(7-5-13-28(23,24)4)9-8-21-15-25(30)20(2)26(31)16-21/h8-9,19,23-26,30-32H,2,5-7,10-18H2,1,3-4H3/b22-9+/t19?,23-,24+,25-,26-,27-,28-/m1/s1. The zero-order valence-electron chi connectivity index (χ0n) is 20.5. The maximum absolute atomic E-state index is 10.5. The number of nitrogens with zero attached hydrogens (tertiary/aromatic N) is 1. The summed E-state index contributed by atoms with van der Waals surface area (Å²) in [6.07, 6.45) is 12.8. The Labute approximate surface area is 195 Å². The van der Waals surface area contributed by atoms with Crippen LogP contribution < -0.4 is 0 Å². The lowest BCUT2D eigenvalue weighted by Crippen LogP contribution is -2.48. The second-order valence-corrected chi connectivity index (χ2v) is 12.0. The molecule has 3 saturated carbocycles. The number of hydrogen-bond donors (Lipinski definition) is 3. The fraction of sp³-hybridized carbons (Fsp3) is 0.786. The van der Waals surface area contributed by atoms with Crippen LogP contribution in [0.1, 0.15) is 78.6 Å². The van der Waals surface area contributed by atoms with Crippen LogP contribution in [0.2, 0.25) is 0 Å². The van der Waals surface area contributed by atoms with E-state index in [1.54, 1.807) is 5.57 Å². The number of fused-ring (bicyclic) bond motifs is 1. The van der Waals surface area contributed by atoms with Crippen molar-refractivity contribution >= 4 is 0 Å². The topological polar surface area (TPSA) is 63.9 Å². The molecule has 4 rings (SSSR count). The number of β-amino-alcohol motifs (C(OH)–C–C–N with tert-alkyl or cyclic N) is 1. The SMILES string of the molecule is C=C1[C@H](O)CC(=C/C=C2\CCC[C@]3(C)[C@@H](C(C)CN4CCC[C@@](C)(O)C4)CC[C@@H]23)C[C@H]1O. The lowest BCUT2D eigenvalue weighted by molar-refractivity contribution is -0.0262. The van der Waals surface area contributed by atoms with Crippen LogP contribution in [0.15, 0.2) is 35.5 Å². The van der Waals surface area contributed by atoms with E-state index in [1.807, 2.05) is 6.92 Å². The Morgan fingerprint density at radius 3 is 2.50 bits per heavy atom. The second kappa shape index (κ2) is 9.37. The summed E-state index contributed by atoms with van der Waals surface area (Å²) in [5.41, 5.74) is 3.11. The van der Waals surface area contributed by atoms with Gasteiger partial charge in [-0.15, -0.1) is 0 Å². The molecule has 0 amide bonds. The van der Waals surface area contributed by atoms with E-state index in [1.165, 1.54) is 32.1 Å². The quantitative estimate of drug-likeness (QED) is 0.555. The summed E-state index contributed by atoms with van der Waals surface area (Å²) in [7, 11) is 0. The molecule has 4 aliphatic rings. The van der Waals surface area contributed by atoms with Gasteiger partial charge >= 0.3 is 0 Å². The maximum Gasteiger partial charge on any atom is 0.0809 e. The van der Waals surface area contributed by atoms with Gasteiger partial charge in [-0.2, -0.15) is 0 Å². The summed E-state index contributed by atoms with van der Waals surface area (Å²) in [5.74, 6) is 2.03. The number of rotatable bonds is 4. The van der Waals surface area contributed by atoms with Gasteiger partial charge in [0.1, 0.15) is 0 Å². The first-order valence-electron chi connectivity index (χ1n) is 13.0. The minimum Gasteiger partial charge on any atom is -0.389 e. The fourth-order valence-electron chi connectivity index (χ4n) is 7.65. The number of likely N-dealkylation sites (tertiary alicyclic amines) is 1. The number of aliphatic hydroxyl groups is 3. The van der Waals surface area contributed by atoms with Crippen LogP contribution in [0.3, 0.4) is 0 Å². The van der Waals surface area contributed by atoms with Gasteiger partial charge in [-0.05, 0) is 100.0 Å². The number of piperidine rings is 1. The van der Waals surface area contributed by atoms with Crippen LogP contribution in [0.5, 0.6) is 0 Å². The molecule has 0 spiro atoms. The van der Waals surface area contributed by atoms with Gasteiger partial charge in [-0.25, -0.2) is 0 Å². The molecule has 7 atom stereocenters. The Hall–Kier alpha value is -0.940. The zero-order chi connectivity index (χ0) is 23.1. The van der Waals surface area contributed by atoms with Crippen LogP contribution in [0, 0.1) is 23.2 Å². The third kappa shape index (κ3) is 4.94. The molecule has 0 aromatic carbocycles. The fourth-order valence-corrected chi connectivity index (χ4v) is 7.65. The van der Waals surface area contributed by atoms with Crippen molar-refractivity contribution in [2.75, 3.05) is 19.6 Å². The largest absolute Gasteiger partial charge is 0.389 e. The second-order valence-electron chi connectivity index (χ2n) is 12.0. The van der Waals surface area contributed by atoms with Gasteiger partial charge < -0.3 is 20.2 Å². The van der Waals surface area contributed by atoms with E-state index in [4.69, 9.17) is 0 Å². The summed E-state index contributed by atoms with van der Waals surface area (Å²) in [6, 6.07) is 0. The smallest absolute Gasteiger partial charge is 0.0809 e. The third-order valence-corrected chi connectivity index (χ3v) is 9.33. The third-order valence-electron chi connectivity index (χ3n) is 9.33. The van der Waals surface area contributed by atoms with Crippen molar-refractivity contribution in [2.45, 2.75) is 96.4 Å². The van der Waals surface area contributed by atoms with Crippen molar-refractivity contribution in [1.82, 2.24) is 4.90 Å². The molecule has 4 heteroatoms. The Bertz CT molecular complexity index is 753. The van der Waals surface area contributed by atoms with Gasteiger partial charge in [0.25, 0.3) is 0 Å². The van der Waals surface area contributed by atoms with Crippen molar-refractivity contribution in [1.29, 1.82) is 0 Å². The first-order valence-corrected chi connectivity index (χ1v) is 13.0. The molecule has 1 heterocycles. The molecule has 4 fully saturated rings. The Morgan fingerprint density at radius 1 is 1.09 bits per heavy atom. The minimum atomic E-state index is -0.618. The first kappa shape index (κ1) is 24.2. The monoisotopic (exact) mass is 443 g/mol. The van der Waals surface area contributed by atoms with E-state index in [0.29, 0.717) is 35.7 Å². The van der Waals surface area contributed by atoms with Gasteiger partial charge in [-0.3, -0.25) is 0 Å². The molecule has 3 aliphatic carbocycles. The van der Waals surface area contributed by atoms with Gasteiger partial charge in [-0.1, -0.05) is 43.7 Å². The Morgan fingerprint density at radius 2 is 1.81 bits per heavy atom. The van der Waals surface area contributed by atoms with E-state index in [0.717, 1.165) is 44.0 Å². The molecule has 180 valence electrons. The molecule has 1 aliphatic heterocycles. The molecular weight excluding hydrogens is 398 g/mol. The number of allylic oxidation sites excluding steroid dienone is 3. The molecule has 0 radical (unpaired) electrons. The van der Waals surface area contributed by atoms with Crippen molar-refractivity contribution < 1.29 is 15.3 Å². The summed E-state index contributed by atoms with van der Waals surface area (Å²) in [4.78, 5) is 2.50. The van der Waals surface area contributed by atoms with Crippen molar-refractivity contribution in [3.05, 3.63) is 35.5 Å². The molecule has 1 saturated heterocycles. The van der Waals surface area contributed by atoms with E-state index in [-0.39, 0.29) is 0 Å². The van der Waals surface area contributed by atoms with E-state index >= 15 is 0 Å². The normalized spacial score (nSPS) is 43.4. The predicted octanol–water partition coefficient (Wildman–Crippen LogP) is 4.61. The van der Waals surface area contributed by atoms with Crippen LogP contribution >= 0.6 is 0 Å². The van der Waals surface area contributed by atoms with Gasteiger partial charge in [0.05, 0.1) is 17.8 Å². The van der Waals surface area contributed by atoms with Crippen molar-refractivity contribution in [3.63, 3.8) is 0 Å². The average molecular weight is 444 g/mol. The molecule has 32 heavy (non-hydrogen) atoms. The molecule has 0 aromatic rings. The molecule has 0 aromatic heterocycles. The molecule has 0 bridgehead atoms. The average Bonchev–Trinajstić information content (AvgIpc) is 3.07. The van der Waals surface area contributed by atoms with Crippen molar-refractivity contribution in [3.8, 4) is 0 Å². The molecular formula is C28H45NO3. The molecule has 4 nitrogen and oxygen atoms in total. The zero-order valence-corrected chi connectivity index (χ0v) is 20.5. The highest BCUT2D eigenvalue weighted by Crippen LogP contribution is 2.59. The highest BCUT2D eigenvalue weighted by Gasteiger charge is 2.51. The lowest BCUT2D eigenvalue weighted by Gasteiger charge is -2.46. The van der Waals surface area contributed by atoms with Gasteiger partial charge in [0.15, 0.2) is 0 Å². The van der Waals surface area contributed by atoms with Crippen LogP contribution in [0.25, 0.3) is 0 Å². The number of aliphatic hydroxyl groups excluding tert-OH is 2. The Balaban J connectivity index is 1.44. The Kier molecular flexibility index (Phi) is 7.08. The summed E-state index contributed by atoms with van der Waals surface area (Å²) in [5, 5.41) is 30.9.